The summed E-state index contributed by atoms with van der Waals surface area (Å²) in [6.07, 6.45) is 0.992. The van der Waals surface area contributed by atoms with Gasteiger partial charge in [-0.1, -0.05) is 37.6 Å². The molecule has 0 radical (unpaired) electrons. The first-order valence-corrected chi connectivity index (χ1v) is 11.8. The predicted octanol–water partition coefficient (Wildman–Crippen LogP) is 3.47. The second-order valence-corrected chi connectivity index (χ2v) is 10.8. The van der Waals surface area contributed by atoms with Crippen molar-refractivity contribution < 1.29 is 22.7 Å². The number of hydrogen-bond donors (Lipinski definition) is 2. The van der Waals surface area contributed by atoms with Crippen LogP contribution in [-0.4, -0.2) is 36.3 Å². The molecule has 0 saturated carbocycles. The fourth-order valence-corrected chi connectivity index (χ4v) is 5.37. The van der Waals surface area contributed by atoms with Gasteiger partial charge in [0.15, 0.2) is 0 Å². The van der Waals surface area contributed by atoms with Gasteiger partial charge in [-0.05, 0) is 54.2 Å². The number of carbonyl (C=O) groups is 1. The molecule has 1 aliphatic heterocycles. The molecule has 168 valence electrons. The SMILES string of the molecule is CC1(C)CCNC(=O)[C@H](N(Cc2ccc(CO)cc2F)S(=O)(=O)c2ccc(Cl)cc2)C1. The minimum Gasteiger partial charge on any atom is -0.392 e. The second kappa shape index (κ2) is 9.24. The smallest absolute Gasteiger partial charge is 0.244 e. The molecule has 2 aromatic rings. The molecule has 2 aromatic carbocycles. The second-order valence-electron chi connectivity index (χ2n) is 8.51. The lowest BCUT2D eigenvalue weighted by Crippen LogP contribution is -2.49. The van der Waals surface area contributed by atoms with E-state index in [4.69, 9.17) is 11.6 Å². The van der Waals surface area contributed by atoms with Gasteiger partial charge < -0.3 is 10.4 Å². The number of sulfonamides is 1. The highest BCUT2D eigenvalue weighted by atomic mass is 35.5. The van der Waals surface area contributed by atoms with Crippen molar-refractivity contribution in [1.29, 1.82) is 0 Å². The first kappa shape index (κ1) is 23.7. The molecule has 0 aliphatic carbocycles. The molecular weight excluding hydrogens is 443 g/mol. The highest BCUT2D eigenvalue weighted by Gasteiger charge is 2.41. The van der Waals surface area contributed by atoms with E-state index in [1.54, 1.807) is 0 Å². The zero-order valence-electron chi connectivity index (χ0n) is 17.4. The van der Waals surface area contributed by atoms with E-state index in [0.717, 1.165) is 4.31 Å². The van der Waals surface area contributed by atoms with E-state index in [9.17, 15) is 22.7 Å². The van der Waals surface area contributed by atoms with Gasteiger partial charge in [-0.3, -0.25) is 4.79 Å². The van der Waals surface area contributed by atoms with Crippen LogP contribution < -0.4 is 5.32 Å². The summed E-state index contributed by atoms with van der Waals surface area (Å²) < 4.78 is 42.9. The van der Waals surface area contributed by atoms with E-state index >= 15 is 0 Å². The molecule has 1 saturated heterocycles. The number of halogens is 2. The molecule has 1 fully saturated rings. The lowest BCUT2D eigenvalue weighted by atomic mass is 9.83. The highest BCUT2D eigenvalue weighted by molar-refractivity contribution is 7.89. The Morgan fingerprint density at radius 2 is 1.90 bits per heavy atom. The Bertz CT molecular complexity index is 1060. The largest absolute Gasteiger partial charge is 0.392 e. The molecule has 2 N–H and O–H groups in total. The third-order valence-corrected chi connectivity index (χ3v) is 7.66. The first-order valence-electron chi connectivity index (χ1n) is 9.97. The number of hydrogen-bond acceptors (Lipinski definition) is 4. The van der Waals surface area contributed by atoms with Crippen LogP contribution >= 0.6 is 11.6 Å². The standard InChI is InChI=1S/C22H26ClFN2O4S/c1-22(2)9-10-25-21(28)20(12-22)26(13-16-4-3-15(14-27)11-19(16)24)31(29,30)18-7-5-17(23)6-8-18/h3-8,11,20,27H,9-10,12-14H2,1-2H3,(H,25,28)/t20-/m1/s1. The maximum Gasteiger partial charge on any atom is 0.244 e. The van der Waals surface area contributed by atoms with Crippen molar-refractivity contribution in [1.82, 2.24) is 9.62 Å². The summed E-state index contributed by atoms with van der Waals surface area (Å²) in [6.45, 7) is 3.74. The van der Waals surface area contributed by atoms with Crippen molar-refractivity contribution in [3.8, 4) is 0 Å². The number of nitrogens with one attached hydrogen (secondary N) is 1. The van der Waals surface area contributed by atoms with Crippen molar-refractivity contribution >= 4 is 27.5 Å². The lowest BCUT2D eigenvalue weighted by Gasteiger charge is -2.33. The molecule has 6 nitrogen and oxygen atoms in total. The maximum absolute atomic E-state index is 14.7. The monoisotopic (exact) mass is 468 g/mol. The van der Waals surface area contributed by atoms with E-state index in [0.29, 0.717) is 30.0 Å². The lowest BCUT2D eigenvalue weighted by molar-refractivity contribution is -0.125. The molecule has 0 spiro atoms. The highest BCUT2D eigenvalue weighted by Crippen LogP contribution is 2.34. The molecule has 0 aromatic heterocycles. The van der Waals surface area contributed by atoms with Gasteiger partial charge in [0.05, 0.1) is 11.5 Å². The molecule has 3 rings (SSSR count). The Morgan fingerprint density at radius 1 is 1.23 bits per heavy atom. The van der Waals surface area contributed by atoms with Gasteiger partial charge in [-0.25, -0.2) is 12.8 Å². The van der Waals surface area contributed by atoms with E-state index < -0.39 is 27.8 Å². The van der Waals surface area contributed by atoms with Crippen LogP contribution in [0.5, 0.6) is 0 Å². The Labute approximate surface area is 187 Å². The maximum atomic E-state index is 14.7. The molecular formula is C22H26ClFN2O4S. The predicted molar refractivity (Wildman–Crippen MR) is 116 cm³/mol. The van der Waals surface area contributed by atoms with Crippen LogP contribution in [0.2, 0.25) is 5.02 Å². The molecule has 1 atom stereocenters. The summed E-state index contributed by atoms with van der Waals surface area (Å²) >= 11 is 5.91. The minimum atomic E-state index is -4.15. The van der Waals surface area contributed by atoms with Crippen LogP contribution in [0.4, 0.5) is 4.39 Å². The van der Waals surface area contributed by atoms with Crippen LogP contribution in [0.3, 0.4) is 0 Å². The number of amides is 1. The van der Waals surface area contributed by atoms with Crippen molar-refractivity contribution in [2.24, 2.45) is 5.41 Å². The summed E-state index contributed by atoms with van der Waals surface area (Å²) in [6, 6.07) is 8.79. The molecule has 31 heavy (non-hydrogen) atoms. The zero-order chi connectivity index (χ0) is 22.8. The Kier molecular flexibility index (Phi) is 7.05. The fraction of sp³-hybridized carbons (Fsp3) is 0.409. The molecule has 0 bridgehead atoms. The van der Waals surface area contributed by atoms with Crippen molar-refractivity contribution in [2.45, 2.75) is 50.8 Å². The van der Waals surface area contributed by atoms with Crippen LogP contribution in [0, 0.1) is 11.2 Å². The Balaban J connectivity index is 2.09. The van der Waals surface area contributed by atoms with E-state index in [-0.39, 0.29) is 29.0 Å². The van der Waals surface area contributed by atoms with Gasteiger partial charge in [-0.2, -0.15) is 4.31 Å². The van der Waals surface area contributed by atoms with Gasteiger partial charge in [0.1, 0.15) is 11.9 Å². The van der Waals surface area contributed by atoms with Crippen molar-refractivity contribution in [2.75, 3.05) is 6.54 Å². The summed E-state index contributed by atoms with van der Waals surface area (Å²) in [4.78, 5) is 12.9. The average Bonchev–Trinajstić information content (AvgIpc) is 2.84. The summed E-state index contributed by atoms with van der Waals surface area (Å²) in [5.74, 6) is -1.05. The fourth-order valence-electron chi connectivity index (χ4n) is 3.68. The first-order chi connectivity index (χ1) is 14.5. The molecule has 1 aliphatic rings. The van der Waals surface area contributed by atoms with E-state index in [1.165, 1.54) is 42.5 Å². The summed E-state index contributed by atoms with van der Waals surface area (Å²) in [5, 5.41) is 12.4. The minimum absolute atomic E-state index is 0.0286. The van der Waals surface area contributed by atoms with Crippen LogP contribution in [0.1, 0.15) is 37.8 Å². The average molecular weight is 469 g/mol. The Hall–Kier alpha value is -2.00. The van der Waals surface area contributed by atoms with Crippen molar-refractivity contribution in [3.05, 3.63) is 64.4 Å². The number of rotatable bonds is 6. The quantitative estimate of drug-likeness (QED) is 0.679. The zero-order valence-corrected chi connectivity index (χ0v) is 19.0. The number of benzene rings is 2. The van der Waals surface area contributed by atoms with E-state index in [2.05, 4.69) is 5.32 Å². The molecule has 9 heteroatoms. The van der Waals surface area contributed by atoms with Gasteiger partial charge in [0, 0.05) is 23.7 Å². The van der Waals surface area contributed by atoms with Gasteiger partial charge in [0.25, 0.3) is 0 Å². The van der Waals surface area contributed by atoms with Crippen LogP contribution in [0.15, 0.2) is 47.4 Å². The summed E-state index contributed by atoms with van der Waals surface area (Å²) in [5.41, 5.74) is 0.197. The van der Waals surface area contributed by atoms with Gasteiger partial charge in [-0.15, -0.1) is 0 Å². The number of aliphatic hydroxyl groups excluding tert-OH is 1. The van der Waals surface area contributed by atoms with Crippen LogP contribution in [0.25, 0.3) is 0 Å². The normalized spacial score (nSPS) is 19.2. The third-order valence-electron chi connectivity index (χ3n) is 5.54. The van der Waals surface area contributed by atoms with Crippen LogP contribution in [-0.2, 0) is 28.0 Å². The van der Waals surface area contributed by atoms with Gasteiger partial charge >= 0.3 is 0 Å². The number of aliphatic hydroxyl groups is 1. The number of nitrogens with zero attached hydrogens (tertiary/aromatic N) is 1. The molecule has 1 amide bonds. The summed E-state index contributed by atoms with van der Waals surface area (Å²) in [7, 11) is -4.15. The molecule has 0 unspecified atom stereocenters. The third kappa shape index (κ3) is 5.44. The molecule has 1 heterocycles. The topological polar surface area (TPSA) is 86.7 Å². The van der Waals surface area contributed by atoms with Gasteiger partial charge in [0.2, 0.25) is 15.9 Å². The Morgan fingerprint density at radius 3 is 2.52 bits per heavy atom. The van der Waals surface area contributed by atoms with E-state index in [1.807, 2.05) is 13.8 Å². The number of carbonyl (C=O) groups excluding carboxylic acids is 1. The van der Waals surface area contributed by atoms with Crippen molar-refractivity contribution in [3.63, 3.8) is 0 Å².